The van der Waals surface area contributed by atoms with E-state index in [1.54, 1.807) is 0 Å². The lowest BCUT2D eigenvalue weighted by atomic mass is 9.88. The van der Waals surface area contributed by atoms with Crippen molar-refractivity contribution in [2.45, 2.75) is 0 Å². The van der Waals surface area contributed by atoms with E-state index in [9.17, 15) is 0 Å². The van der Waals surface area contributed by atoms with E-state index in [0.717, 1.165) is 0 Å². The molecule has 8 aromatic rings. The third kappa shape index (κ3) is 5.77. The Kier molecular flexibility index (Phi) is 8.05. The van der Waals surface area contributed by atoms with Crippen molar-refractivity contribution in [1.29, 1.82) is 0 Å². The zero-order chi connectivity index (χ0) is 32.1. The van der Waals surface area contributed by atoms with Gasteiger partial charge < -0.3 is 0 Å². The predicted molar refractivity (Wildman–Crippen MR) is 207 cm³/mol. The SMILES string of the molecule is C(=C(c1ccccc1)c1ccccc1)c1ccc(-c2ccc(C=C(c3ccccc3)c3ccccc3)c3ccccc23)c2ccccc12. The average molecular weight is 611 g/mol. The average Bonchev–Trinajstić information content (AvgIpc) is 3.17. The molecule has 0 atom stereocenters. The number of hydrogen-bond donors (Lipinski definition) is 0. The van der Waals surface area contributed by atoms with Crippen LogP contribution in [-0.2, 0) is 0 Å². The first-order chi connectivity index (χ1) is 23.8. The third-order valence-corrected chi connectivity index (χ3v) is 9.14. The van der Waals surface area contributed by atoms with Gasteiger partial charge >= 0.3 is 0 Å². The van der Waals surface area contributed by atoms with Crippen LogP contribution in [0.1, 0.15) is 33.4 Å². The van der Waals surface area contributed by atoms with E-state index in [2.05, 4.69) is 206 Å². The maximum Gasteiger partial charge on any atom is -0.00987 e. The summed E-state index contributed by atoms with van der Waals surface area (Å²) in [4.78, 5) is 0. The Morgan fingerprint density at radius 2 is 0.521 bits per heavy atom. The van der Waals surface area contributed by atoms with Crippen molar-refractivity contribution in [3.63, 3.8) is 0 Å². The summed E-state index contributed by atoms with van der Waals surface area (Å²) in [5, 5.41) is 4.97. The van der Waals surface area contributed by atoms with Crippen LogP contribution in [0.25, 0.3) is 56.0 Å². The smallest absolute Gasteiger partial charge is 0.00987 e. The fourth-order valence-corrected chi connectivity index (χ4v) is 6.81. The zero-order valence-corrected chi connectivity index (χ0v) is 26.6. The van der Waals surface area contributed by atoms with E-state index in [1.165, 1.54) is 77.2 Å². The minimum Gasteiger partial charge on any atom is -0.0622 e. The van der Waals surface area contributed by atoms with Crippen LogP contribution in [0.3, 0.4) is 0 Å². The molecule has 8 aromatic carbocycles. The largest absolute Gasteiger partial charge is 0.0622 e. The molecule has 0 amide bonds. The number of fused-ring (bicyclic) bond motifs is 2. The molecule has 0 unspecified atom stereocenters. The van der Waals surface area contributed by atoms with Crippen LogP contribution < -0.4 is 0 Å². The lowest BCUT2D eigenvalue weighted by Crippen LogP contribution is -1.91. The van der Waals surface area contributed by atoms with Crippen molar-refractivity contribution in [2.24, 2.45) is 0 Å². The summed E-state index contributed by atoms with van der Waals surface area (Å²) in [6.45, 7) is 0. The Balaban J connectivity index is 1.29. The van der Waals surface area contributed by atoms with Crippen LogP contribution in [0.5, 0.6) is 0 Å². The van der Waals surface area contributed by atoms with E-state index in [0.29, 0.717) is 0 Å². The van der Waals surface area contributed by atoms with E-state index >= 15 is 0 Å². The maximum atomic E-state index is 2.34. The van der Waals surface area contributed by atoms with Gasteiger partial charge in [-0.3, -0.25) is 0 Å². The first-order valence-electron chi connectivity index (χ1n) is 16.5. The third-order valence-electron chi connectivity index (χ3n) is 9.14. The molecular formula is C48H34. The fourth-order valence-electron chi connectivity index (χ4n) is 6.81. The van der Waals surface area contributed by atoms with Gasteiger partial charge in [0.25, 0.3) is 0 Å². The minimum absolute atomic E-state index is 1.20. The van der Waals surface area contributed by atoms with Gasteiger partial charge in [-0.1, -0.05) is 194 Å². The van der Waals surface area contributed by atoms with Gasteiger partial charge in [-0.05, 0) is 89.4 Å². The Morgan fingerprint density at radius 3 is 0.833 bits per heavy atom. The molecular weight excluding hydrogens is 577 g/mol. The molecule has 48 heavy (non-hydrogen) atoms. The Labute approximate surface area is 282 Å². The van der Waals surface area contributed by atoms with Gasteiger partial charge in [-0.15, -0.1) is 0 Å². The van der Waals surface area contributed by atoms with Crippen LogP contribution in [0, 0.1) is 0 Å². The Bertz CT molecular complexity index is 2140. The molecule has 0 heterocycles. The summed E-state index contributed by atoms with van der Waals surface area (Å²) in [5.41, 5.74) is 12.1. The van der Waals surface area contributed by atoms with Gasteiger partial charge in [0, 0.05) is 0 Å². The molecule has 0 saturated heterocycles. The van der Waals surface area contributed by atoms with Crippen molar-refractivity contribution >= 4 is 44.8 Å². The molecule has 226 valence electrons. The van der Waals surface area contributed by atoms with Crippen LogP contribution in [0.2, 0.25) is 0 Å². The van der Waals surface area contributed by atoms with Crippen LogP contribution >= 0.6 is 0 Å². The highest BCUT2D eigenvalue weighted by molar-refractivity contribution is 6.11. The minimum atomic E-state index is 1.20. The highest BCUT2D eigenvalue weighted by atomic mass is 14.2. The Morgan fingerprint density at radius 1 is 0.250 bits per heavy atom. The van der Waals surface area contributed by atoms with E-state index in [4.69, 9.17) is 0 Å². The first kappa shape index (κ1) is 29.2. The summed E-state index contributed by atoms with van der Waals surface area (Å²) < 4.78 is 0. The lowest BCUT2D eigenvalue weighted by molar-refractivity contribution is 1.55. The molecule has 8 rings (SSSR count). The summed E-state index contributed by atoms with van der Waals surface area (Å²) in [6, 6.07) is 69.5. The molecule has 0 heteroatoms. The van der Waals surface area contributed by atoms with E-state index in [1.807, 2.05) is 0 Å². The highest BCUT2D eigenvalue weighted by Gasteiger charge is 2.14. The van der Waals surface area contributed by atoms with Crippen LogP contribution in [0.4, 0.5) is 0 Å². The molecule has 0 nitrogen and oxygen atoms in total. The number of hydrogen-bond acceptors (Lipinski definition) is 0. The Hall–Kier alpha value is -6.24. The molecule has 0 aliphatic carbocycles. The molecule has 0 radical (unpaired) electrons. The van der Waals surface area contributed by atoms with Gasteiger partial charge in [-0.2, -0.15) is 0 Å². The normalized spacial score (nSPS) is 10.9. The summed E-state index contributed by atoms with van der Waals surface area (Å²) in [7, 11) is 0. The lowest BCUT2D eigenvalue weighted by Gasteiger charge is -2.16. The second-order valence-corrected chi connectivity index (χ2v) is 12.1. The molecule has 0 aliphatic heterocycles. The number of rotatable bonds is 7. The van der Waals surface area contributed by atoms with E-state index < -0.39 is 0 Å². The molecule has 0 saturated carbocycles. The first-order valence-corrected chi connectivity index (χ1v) is 16.5. The van der Waals surface area contributed by atoms with Crippen molar-refractivity contribution in [3.05, 3.63) is 228 Å². The van der Waals surface area contributed by atoms with Crippen LogP contribution in [0.15, 0.2) is 194 Å². The highest BCUT2D eigenvalue weighted by Crippen LogP contribution is 2.39. The summed E-state index contributed by atoms with van der Waals surface area (Å²) >= 11 is 0. The van der Waals surface area contributed by atoms with Gasteiger partial charge in [0.1, 0.15) is 0 Å². The second kappa shape index (κ2) is 13.2. The van der Waals surface area contributed by atoms with E-state index in [-0.39, 0.29) is 0 Å². The quantitative estimate of drug-likeness (QED) is 0.158. The second-order valence-electron chi connectivity index (χ2n) is 12.1. The monoisotopic (exact) mass is 610 g/mol. The fraction of sp³-hybridized carbons (Fsp3) is 0. The predicted octanol–water partition coefficient (Wildman–Crippen LogP) is 12.8. The van der Waals surface area contributed by atoms with Gasteiger partial charge in [0.15, 0.2) is 0 Å². The zero-order valence-electron chi connectivity index (χ0n) is 26.6. The molecule has 0 aromatic heterocycles. The van der Waals surface area contributed by atoms with Gasteiger partial charge in [0.05, 0.1) is 0 Å². The molecule has 0 bridgehead atoms. The molecule has 0 spiro atoms. The summed E-state index contributed by atoms with van der Waals surface area (Å²) in [6.07, 6.45) is 4.69. The van der Waals surface area contributed by atoms with Gasteiger partial charge in [0.2, 0.25) is 0 Å². The summed E-state index contributed by atoms with van der Waals surface area (Å²) in [5.74, 6) is 0. The van der Waals surface area contributed by atoms with Crippen molar-refractivity contribution in [3.8, 4) is 11.1 Å². The maximum absolute atomic E-state index is 2.34. The molecule has 0 N–H and O–H groups in total. The van der Waals surface area contributed by atoms with Gasteiger partial charge in [-0.25, -0.2) is 0 Å². The standard InChI is InChI=1S/C48H34/c1-5-17-35(18-6-1)47(36-19-7-2-8-20-36)33-39-29-31-45(43-27-15-13-25-41(39)43)46-32-30-40(42-26-14-16-28-44(42)46)34-48(37-21-9-3-10-22-37)38-23-11-4-12-24-38/h1-34H. The topological polar surface area (TPSA) is 0 Å². The van der Waals surface area contributed by atoms with Crippen molar-refractivity contribution in [1.82, 2.24) is 0 Å². The molecule has 0 aliphatic rings. The van der Waals surface area contributed by atoms with Crippen molar-refractivity contribution < 1.29 is 0 Å². The van der Waals surface area contributed by atoms with Crippen LogP contribution in [-0.4, -0.2) is 0 Å². The number of benzene rings is 8. The van der Waals surface area contributed by atoms with Crippen molar-refractivity contribution in [2.75, 3.05) is 0 Å². The molecule has 0 fully saturated rings.